The molecule has 3 aromatic rings. The van der Waals surface area contributed by atoms with Gasteiger partial charge in [0.25, 0.3) is 0 Å². The largest absolute Gasteiger partial charge is 0.497 e. The van der Waals surface area contributed by atoms with Gasteiger partial charge in [0.05, 0.1) is 18.1 Å². The van der Waals surface area contributed by atoms with Gasteiger partial charge in [0.2, 0.25) is 0 Å². The van der Waals surface area contributed by atoms with Gasteiger partial charge in [0.1, 0.15) is 11.4 Å². The van der Waals surface area contributed by atoms with Crippen LogP contribution in [0.3, 0.4) is 0 Å². The molecular weight excluding hydrogens is 254 g/mol. The van der Waals surface area contributed by atoms with E-state index < -0.39 is 0 Å². The fraction of sp³-hybridized carbons (Fsp3) is 0.214. The van der Waals surface area contributed by atoms with E-state index in [0.29, 0.717) is 11.5 Å². The minimum absolute atomic E-state index is 0.379. The van der Waals surface area contributed by atoms with Crippen molar-refractivity contribution in [3.8, 4) is 17.3 Å². The zero-order valence-electron chi connectivity index (χ0n) is 11.4. The first-order valence-electron chi connectivity index (χ1n) is 6.35. The zero-order chi connectivity index (χ0) is 14.1. The highest BCUT2D eigenvalue weighted by molar-refractivity contribution is 5.82. The molecule has 102 valence electrons. The quantitative estimate of drug-likeness (QED) is 0.787. The molecule has 0 radical (unpaired) electrons. The first kappa shape index (κ1) is 12.4. The molecule has 0 atom stereocenters. The van der Waals surface area contributed by atoms with Crippen molar-refractivity contribution in [1.29, 1.82) is 0 Å². The van der Waals surface area contributed by atoms with Crippen LogP contribution in [-0.4, -0.2) is 26.6 Å². The molecule has 0 spiro atoms. The van der Waals surface area contributed by atoms with Crippen LogP contribution in [0.15, 0.2) is 30.6 Å². The summed E-state index contributed by atoms with van der Waals surface area (Å²) in [5, 5.41) is 0. The van der Waals surface area contributed by atoms with Crippen molar-refractivity contribution < 1.29 is 4.74 Å². The highest BCUT2D eigenvalue weighted by Gasteiger charge is 2.15. The number of methoxy groups -OCH3 is 1. The summed E-state index contributed by atoms with van der Waals surface area (Å²) in [5.41, 5.74) is 8.38. The summed E-state index contributed by atoms with van der Waals surface area (Å²) < 4.78 is 7.30. The summed E-state index contributed by atoms with van der Waals surface area (Å²) in [6, 6.07) is 5.80. The maximum absolute atomic E-state index is 5.90. The summed E-state index contributed by atoms with van der Waals surface area (Å²) in [7, 11) is 1.64. The number of ether oxygens (including phenoxy) is 1. The van der Waals surface area contributed by atoms with Crippen molar-refractivity contribution in [3.05, 3.63) is 30.6 Å². The molecule has 2 heterocycles. The number of hydrogen-bond donors (Lipinski definition) is 1. The van der Waals surface area contributed by atoms with Crippen LogP contribution in [0.25, 0.3) is 22.6 Å². The predicted octanol–water partition coefficient (Wildman–Crippen LogP) is 2.10. The number of nitrogens with zero attached hydrogens (tertiary/aromatic N) is 4. The highest BCUT2D eigenvalue weighted by atomic mass is 16.5. The summed E-state index contributed by atoms with van der Waals surface area (Å²) in [6.07, 6.45) is 3.19. The van der Waals surface area contributed by atoms with Gasteiger partial charge in [0, 0.05) is 25.0 Å². The molecule has 0 bridgehead atoms. The van der Waals surface area contributed by atoms with E-state index in [4.69, 9.17) is 10.5 Å². The number of fused-ring (bicyclic) bond motifs is 1. The average molecular weight is 269 g/mol. The van der Waals surface area contributed by atoms with Crippen molar-refractivity contribution in [2.45, 2.75) is 13.5 Å². The minimum Gasteiger partial charge on any atom is -0.497 e. The summed E-state index contributed by atoms with van der Waals surface area (Å²) in [5.74, 6) is 1.88. The molecule has 0 amide bonds. The molecule has 20 heavy (non-hydrogen) atoms. The van der Waals surface area contributed by atoms with Gasteiger partial charge in [0.15, 0.2) is 11.6 Å². The van der Waals surface area contributed by atoms with Crippen molar-refractivity contribution in [1.82, 2.24) is 19.5 Å². The van der Waals surface area contributed by atoms with Gasteiger partial charge in [-0.2, -0.15) is 0 Å². The molecule has 0 aliphatic heterocycles. The minimum atomic E-state index is 0.379. The molecule has 0 aliphatic rings. The van der Waals surface area contributed by atoms with E-state index in [-0.39, 0.29) is 0 Å². The van der Waals surface area contributed by atoms with Crippen LogP contribution >= 0.6 is 0 Å². The molecule has 2 aromatic heterocycles. The Labute approximate surface area is 116 Å². The Morgan fingerprint density at radius 2 is 2.05 bits per heavy atom. The van der Waals surface area contributed by atoms with E-state index >= 15 is 0 Å². The predicted molar refractivity (Wildman–Crippen MR) is 77.4 cm³/mol. The maximum atomic E-state index is 5.90. The number of anilines is 1. The smallest absolute Gasteiger partial charge is 0.163 e. The highest BCUT2D eigenvalue weighted by Crippen LogP contribution is 2.28. The first-order chi connectivity index (χ1) is 9.74. The second kappa shape index (κ2) is 4.80. The lowest BCUT2D eigenvalue weighted by molar-refractivity contribution is 0.415. The fourth-order valence-electron chi connectivity index (χ4n) is 2.26. The lowest BCUT2D eigenvalue weighted by atomic mass is 10.3. The van der Waals surface area contributed by atoms with Gasteiger partial charge in [-0.05, 0) is 19.1 Å². The molecule has 6 nitrogen and oxygen atoms in total. The molecule has 1 aromatic carbocycles. The molecule has 0 saturated heterocycles. The molecule has 0 fully saturated rings. The van der Waals surface area contributed by atoms with Crippen LogP contribution in [0.2, 0.25) is 0 Å². The van der Waals surface area contributed by atoms with Crippen molar-refractivity contribution in [2.24, 2.45) is 0 Å². The molecule has 6 heteroatoms. The Balaban J connectivity index is 2.28. The van der Waals surface area contributed by atoms with Gasteiger partial charge in [-0.3, -0.25) is 0 Å². The summed E-state index contributed by atoms with van der Waals surface area (Å²) in [6.45, 7) is 2.83. The first-order valence-corrected chi connectivity index (χ1v) is 6.35. The van der Waals surface area contributed by atoms with Crippen LogP contribution in [0.5, 0.6) is 5.75 Å². The zero-order valence-corrected chi connectivity index (χ0v) is 11.4. The number of hydrogen-bond acceptors (Lipinski definition) is 5. The number of benzene rings is 1. The van der Waals surface area contributed by atoms with Gasteiger partial charge >= 0.3 is 0 Å². The monoisotopic (exact) mass is 269 g/mol. The normalized spacial score (nSPS) is 10.9. The Hall–Kier alpha value is -2.63. The van der Waals surface area contributed by atoms with Gasteiger partial charge in [-0.15, -0.1) is 0 Å². The Kier molecular flexibility index (Phi) is 2.98. The molecule has 0 aliphatic carbocycles. The van der Waals surface area contributed by atoms with E-state index in [9.17, 15) is 0 Å². The standard InChI is InChI=1S/C14H15N5O/c1-3-19-11-5-4-9(20-2)8-10(11)18-14(19)12-13(15)17-7-6-16-12/h4-8H,3H2,1-2H3,(H2,15,17). The number of aromatic nitrogens is 4. The molecule has 3 rings (SSSR count). The van der Waals surface area contributed by atoms with E-state index in [1.54, 1.807) is 19.5 Å². The van der Waals surface area contributed by atoms with Crippen LogP contribution < -0.4 is 10.5 Å². The third-order valence-electron chi connectivity index (χ3n) is 3.21. The van der Waals surface area contributed by atoms with Crippen molar-refractivity contribution >= 4 is 16.9 Å². The number of aryl methyl sites for hydroxylation is 1. The topological polar surface area (TPSA) is 78.9 Å². The SMILES string of the molecule is CCn1c(-c2nccnc2N)nc2cc(OC)ccc21. The lowest BCUT2D eigenvalue weighted by Gasteiger charge is -2.06. The Bertz CT molecular complexity index is 765. The van der Waals surface area contributed by atoms with E-state index in [1.165, 1.54) is 0 Å². The number of nitrogens with two attached hydrogens (primary N) is 1. The van der Waals surface area contributed by atoms with E-state index in [2.05, 4.69) is 26.4 Å². The molecule has 0 unspecified atom stereocenters. The average Bonchev–Trinajstić information content (AvgIpc) is 2.84. The van der Waals surface area contributed by atoms with E-state index in [1.807, 2.05) is 18.2 Å². The van der Waals surface area contributed by atoms with Gasteiger partial charge in [-0.1, -0.05) is 0 Å². The van der Waals surface area contributed by atoms with Crippen molar-refractivity contribution in [2.75, 3.05) is 12.8 Å². The number of rotatable bonds is 3. The molecular formula is C14H15N5O. The Morgan fingerprint density at radius 3 is 2.75 bits per heavy atom. The second-order valence-corrected chi connectivity index (χ2v) is 4.32. The van der Waals surface area contributed by atoms with Crippen molar-refractivity contribution in [3.63, 3.8) is 0 Å². The van der Waals surface area contributed by atoms with Gasteiger partial charge in [-0.25, -0.2) is 15.0 Å². The second-order valence-electron chi connectivity index (χ2n) is 4.32. The Morgan fingerprint density at radius 1 is 1.25 bits per heavy atom. The van der Waals surface area contributed by atoms with Crippen LogP contribution in [0.1, 0.15) is 6.92 Å². The van der Waals surface area contributed by atoms with Gasteiger partial charge < -0.3 is 15.0 Å². The van der Waals surface area contributed by atoms with Crippen LogP contribution in [-0.2, 0) is 6.54 Å². The van der Waals surface area contributed by atoms with Crippen LogP contribution in [0.4, 0.5) is 5.82 Å². The molecule has 0 saturated carbocycles. The van der Waals surface area contributed by atoms with E-state index in [0.717, 1.165) is 29.2 Å². The summed E-state index contributed by atoms with van der Waals surface area (Å²) in [4.78, 5) is 13.0. The lowest BCUT2D eigenvalue weighted by Crippen LogP contribution is -2.03. The molecule has 2 N–H and O–H groups in total. The third kappa shape index (κ3) is 1.85. The number of imidazole rings is 1. The van der Waals surface area contributed by atoms with Crippen LogP contribution in [0, 0.1) is 0 Å². The summed E-state index contributed by atoms with van der Waals surface area (Å²) >= 11 is 0. The number of nitrogen functional groups attached to an aromatic ring is 1. The third-order valence-corrected chi connectivity index (χ3v) is 3.21. The fourth-order valence-corrected chi connectivity index (χ4v) is 2.26. The maximum Gasteiger partial charge on any atom is 0.163 e.